The summed E-state index contributed by atoms with van der Waals surface area (Å²) >= 11 is 0. The molecule has 0 unspecified atom stereocenters. The molecule has 0 saturated carbocycles. The molecule has 4 aromatic rings. The number of benzene rings is 2. The molecule has 0 radical (unpaired) electrons. The highest BCUT2D eigenvalue weighted by Gasteiger charge is 2.34. The molecule has 3 heterocycles. The molecule has 1 aliphatic heterocycles. The van der Waals surface area contributed by atoms with Gasteiger partial charge in [-0.1, -0.05) is 6.92 Å². The molecule has 0 saturated heterocycles. The van der Waals surface area contributed by atoms with Crippen molar-refractivity contribution in [1.82, 2.24) is 24.2 Å². The number of nitrogens with two attached hydrogens (primary N) is 1. The second-order valence-electron chi connectivity index (χ2n) is 9.40. The van der Waals surface area contributed by atoms with Crippen LogP contribution in [0.3, 0.4) is 0 Å². The Bertz CT molecular complexity index is 1540. The molecule has 11 nitrogen and oxygen atoms in total. The second-order valence-corrected chi connectivity index (χ2v) is 9.40. The molecular weight excluding hydrogens is 498 g/mol. The number of anilines is 1. The number of primary amides is 1. The number of hydrogen-bond donors (Lipinski definition) is 2. The second kappa shape index (κ2) is 10.4. The van der Waals surface area contributed by atoms with Gasteiger partial charge in [-0.25, -0.2) is 9.67 Å². The molecule has 2 aromatic heterocycles. The molecule has 11 heteroatoms. The van der Waals surface area contributed by atoms with Crippen LogP contribution in [0.15, 0.2) is 60.9 Å². The molecule has 0 spiro atoms. The summed E-state index contributed by atoms with van der Waals surface area (Å²) in [6.45, 7) is 2.71. The van der Waals surface area contributed by atoms with Gasteiger partial charge in [0.2, 0.25) is 5.91 Å². The van der Waals surface area contributed by atoms with E-state index in [2.05, 4.69) is 10.1 Å². The van der Waals surface area contributed by atoms with Gasteiger partial charge in [0.05, 0.1) is 12.2 Å². The summed E-state index contributed by atoms with van der Waals surface area (Å²) < 4.78 is 3.32. The third kappa shape index (κ3) is 4.86. The Hall–Kier alpha value is -4.93. The maximum Gasteiger partial charge on any atom is 0.277 e. The Morgan fingerprint density at radius 3 is 2.38 bits per heavy atom. The van der Waals surface area contributed by atoms with Crippen LogP contribution < -0.4 is 10.6 Å². The highest BCUT2D eigenvalue weighted by atomic mass is 16.3. The van der Waals surface area contributed by atoms with Gasteiger partial charge in [0.25, 0.3) is 11.8 Å². The number of aromatic hydroxyl groups is 1. The van der Waals surface area contributed by atoms with E-state index >= 15 is 0 Å². The normalized spacial score (nSPS) is 12.9. The lowest BCUT2D eigenvalue weighted by Gasteiger charge is -2.28. The minimum absolute atomic E-state index is 0.0661. The molecular formula is C28H29N7O4. The van der Waals surface area contributed by atoms with Crippen molar-refractivity contribution in [3.05, 3.63) is 83.7 Å². The van der Waals surface area contributed by atoms with E-state index in [1.165, 1.54) is 16.8 Å². The van der Waals surface area contributed by atoms with Gasteiger partial charge in [-0.2, -0.15) is 5.10 Å². The molecule has 200 valence electrons. The first kappa shape index (κ1) is 25.7. The summed E-state index contributed by atoms with van der Waals surface area (Å²) in [6, 6.07) is 13.7. The molecule has 2 aromatic carbocycles. The fourth-order valence-electron chi connectivity index (χ4n) is 4.77. The monoisotopic (exact) mass is 527 g/mol. The molecule has 3 N–H and O–H groups in total. The lowest BCUT2D eigenvalue weighted by molar-refractivity contribution is -0.130. The standard InChI is InChI=1S/C28H29N7O4/c1-3-4-24(37)32(2)17-23-30-14-16-33(23)18-5-7-19(8-6-18)34-15-13-22-25(27(29)38)31-35(26(22)28(34)39)20-9-11-21(36)12-10-20/h5-12,14,16,36H,3-4,13,15,17H2,1-2H3,(H2,29,38). The molecule has 0 fully saturated rings. The number of fused-ring (bicyclic) bond motifs is 1. The molecule has 1 aliphatic rings. The Kier molecular flexibility index (Phi) is 6.88. The maximum atomic E-state index is 13.7. The summed E-state index contributed by atoms with van der Waals surface area (Å²) in [5.74, 6) is -0.145. The predicted molar refractivity (Wildman–Crippen MR) is 144 cm³/mol. The molecule has 5 rings (SSSR count). The van der Waals surface area contributed by atoms with E-state index in [0.29, 0.717) is 42.9 Å². The van der Waals surface area contributed by atoms with Crippen LogP contribution in [0.4, 0.5) is 5.69 Å². The molecule has 3 amide bonds. The van der Waals surface area contributed by atoms with Gasteiger partial charge >= 0.3 is 0 Å². The number of amides is 3. The number of hydrogen-bond acceptors (Lipinski definition) is 6. The quantitative estimate of drug-likeness (QED) is 0.361. The van der Waals surface area contributed by atoms with Crippen molar-refractivity contribution >= 4 is 23.4 Å². The largest absolute Gasteiger partial charge is 0.508 e. The fourth-order valence-corrected chi connectivity index (χ4v) is 4.77. The Morgan fingerprint density at radius 2 is 1.72 bits per heavy atom. The van der Waals surface area contributed by atoms with E-state index in [-0.39, 0.29) is 29.0 Å². The lowest BCUT2D eigenvalue weighted by Crippen LogP contribution is -2.39. The van der Waals surface area contributed by atoms with E-state index in [1.54, 1.807) is 35.2 Å². The van der Waals surface area contributed by atoms with Gasteiger partial charge in [0.15, 0.2) is 5.69 Å². The van der Waals surface area contributed by atoms with Crippen LogP contribution >= 0.6 is 0 Å². The Morgan fingerprint density at radius 1 is 1.05 bits per heavy atom. The van der Waals surface area contributed by atoms with Crippen LogP contribution in [-0.2, 0) is 17.8 Å². The number of nitrogens with zero attached hydrogens (tertiary/aromatic N) is 6. The van der Waals surface area contributed by atoms with E-state index in [0.717, 1.165) is 17.9 Å². The van der Waals surface area contributed by atoms with E-state index in [4.69, 9.17) is 5.73 Å². The van der Waals surface area contributed by atoms with Crippen LogP contribution in [0, 0.1) is 0 Å². The van der Waals surface area contributed by atoms with Crippen molar-refractivity contribution < 1.29 is 19.5 Å². The zero-order valence-electron chi connectivity index (χ0n) is 21.7. The highest BCUT2D eigenvalue weighted by Crippen LogP contribution is 2.30. The number of carbonyl (C=O) groups excluding carboxylic acids is 3. The van der Waals surface area contributed by atoms with E-state index in [1.807, 2.05) is 42.0 Å². The molecule has 0 atom stereocenters. The van der Waals surface area contributed by atoms with E-state index in [9.17, 15) is 19.5 Å². The van der Waals surface area contributed by atoms with Crippen LogP contribution in [0.2, 0.25) is 0 Å². The first-order valence-corrected chi connectivity index (χ1v) is 12.7. The van der Waals surface area contributed by atoms with Gasteiger partial charge in [0, 0.05) is 49.3 Å². The Balaban J connectivity index is 1.42. The molecule has 0 aliphatic carbocycles. The number of phenolic OH excluding ortho intramolecular Hbond substituents is 1. The average molecular weight is 528 g/mol. The van der Waals surface area contributed by atoms with Gasteiger partial charge in [-0.3, -0.25) is 14.4 Å². The van der Waals surface area contributed by atoms with E-state index < -0.39 is 5.91 Å². The number of imidazole rings is 1. The van der Waals surface area contributed by atoms with Crippen molar-refractivity contribution in [3.63, 3.8) is 0 Å². The first-order valence-electron chi connectivity index (χ1n) is 12.7. The number of aromatic nitrogens is 4. The van der Waals surface area contributed by atoms with Crippen molar-refractivity contribution in [3.8, 4) is 17.1 Å². The number of carbonyl (C=O) groups is 3. The van der Waals surface area contributed by atoms with Gasteiger partial charge in [-0.05, 0) is 61.4 Å². The maximum absolute atomic E-state index is 13.7. The zero-order valence-corrected chi connectivity index (χ0v) is 21.7. The van der Waals surface area contributed by atoms with Crippen LogP contribution in [0.25, 0.3) is 11.4 Å². The minimum Gasteiger partial charge on any atom is -0.508 e. The number of rotatable bonds is 8. The summed E-state index contributed by atoms with van der Waals surface area (Å²) in [6.07, 6.45) is 5.21. The topological polar surface area (TPSA) is 140 Å². The van der Waals surface area contributed by atoms with Gasteiger partial charge < -0.3 is 25.2 Å². The first-order chi connectivity index (χ1) is 18.8. The average Bonchev–Trinajstić information content (AvgIpc) is 3.55. The van der Waals surface area contributed by atoms with Crippen LogP contribution in [-0.4, -0.2) is 60.7 Å². The number of phenols is 1. The smallest absolute Gasteiger partial charge is 0.277 e. The van der Waals surface area contributed by atoms with Crippen LogP contribution in [0.5, 0.6) is 5.75 Å². The predicted octanol–water partition coefficient (Wildman–Crippen LogP) is 2.82. The summed E-state index contributed by atoms with van der Waals surface area (Å²) in [7, 11) is 1.77. The SMILES string of the molecule is CCCC(=O)N(C)Cc1nccn1-c1ccc(N2CCc3c(C(N)=O)nn(-c4ccc(O)cc4)c3C2=O)cc1. The van der Waals surface area contributed by atoms with Gasteiger partial charge in [-0.15, -0.1) is 0 Å². The van der Waals surface area contributed by atoms with Crippen molar-refractivity contribution in [2.75, 3.05) is 18.5 Å². The van der Waals surface area contributed by atoms with Gasteiger partial charge in [0.1, 0.15) is 17.3 Å². The summed E-state index contributed by atoms with van der Waals surface area (Å²) in [4.78, 5) is 45.8. The third-order valence-corrected chi connectivity index (χ3v) is 6.77. The molecule has 0 bridgehead atoms. The summed E-state index contributed by atoms with van der Waals surface area (Å²) in [5, 5.41) is 14.0. The summed E-state index contributed by atoms with van der Waals surface area (Å²) in [5.41, 5.74) is 8.47. The van der Waals surface area contributed by atoms with Crippen LogP contribution in [0.1, 0.15) is 52.1 Å². The Labute approximate surface area is 225 Å². The van der Waals surface area contributed by atoms with Crippen molar-refractivity contribution in [2.24, 2.45) is 5.73 Å². The third-order valence-electron chi connectivity index (χ3n) is 6.77. The van der Waals surface area contributed by atoms with Crippen molar-refractivity contribution in [1.29, 1.82) is 0 Å². The zero-order chi connectivity index (χ0) is 27.7. The highest BCUT2D eigenvalue weighted by molar-refractivity contribution is 6.09. The fraction of sp³-hybridized carbons (Fsp3) is 0.250. The molecule has 39 heavy (non-hydrogen) atoms. The lowest BCUT2D eigenvalue weighted by atomic mass is 10.0. The van der Waals surface area contributed by atoms with Crippen molar-refractivity contribution in [2.45, 2.75) is 32.7 Å². The minimum atomic E-state index is -0.701.